The first-order chi connectivity index (χ1) is 18.5. The summed E-state index contributed by atoms with van der Waals surface area (Å²) >= 11 is 0. The van der Waals surface area contributed by atoms with Gasteiger partial charge >= 0.3 is 0 Å². The molecular weight excluding hydrogens is 466 g/mol. The number of unbranched alkanes of at least 4 members (excludes halogenated alkanes) is 6. The number of rotatable bonds is 14. The van der Waals surface area contributed by atoms with Gasteiger partial charge in [0, 0.05) is 24.8 Å². The predicted octanol–water partition coefficient (Wildman–Crippen LogP) is 8.86. The van der Waals surface area contributed by atoms with Crippen molar-refractivity contribution in [3.63, 3.8) is 0 Å². The van der Waals surface area contributed by atoms with E-state index in [2.05, 4.69) is 65.4 Å². The number of hydrogen-bond donors (Lipinski definition) is 1. The Morgan fingerprint density at radius 2 is 1.50 bits per heavy atom. The number of nitrogens with zero attached hydrogens (tertiary/aromatic N) is 4. The summed E-state index contributed by atoms with van der Waals surface area (Å²) in [6.07, 6.45) is 16.2. The van der Waals surface area contributed by atoms with Gasteiger partial charge in [-0.05, 0) is 85.0 Å². The van der Waals surface area contributed by atoms with E-state index < -0.39 is 0 Å². The minimum atomic E-state index is -0.204. The summed E-state index contributed by atoms with van der Waals surface area (Å²) in [5.41, 5.74) is 12.9. The maximum Gasteiger partial charge on any atom is 0.0991 e. The monoisotopic (exact) mass is 509 g/mol. The number of allylic oxidation sites excluding steroid dienone is 1. The Bertz CT molecular complexity index is 1150. The standard InChI is InChI=1S/C33H43N5/c1-4-6-8-10-22-38(23-11-9-7-5-2)30-18-16-29(17-19-30)36-37-33-21-20-32(35)31(26(33)3)24-27-12-14-28(25-34)15-13-27/h12-21,24,32H,4-11,22-23,35H2,1-3H3. The molecule has 0 heterocycles. The van der Waals surface area contributed by atoms with Crippen LogP contribution in [0.2, 0.25) is 0 Å². The third-order valence-electron chi connectivity index (χ3n) is 7.05. The fraction of sp³-hybridized carbons (Fsp3) is 0.424. The fourth-order valence-electron chi connectivity index (χ4n) is 4.64. The first-order valence-electron chi connectivity index (χ1n) is 14.2. The maximum absolute atomic E-state index is 9.04. The van der Waals surface area contributed by atoms with Crippen molar-refractivity contribution >= 4 is 17.5 Å². The van der Waals surface area contributed by atoms with Crippen LogP contribution >= 0.6 is 0 Å². The molecule has 2 aromatic rings. The van der Waals surface area contributed by atoms with E-state index in [0.717, 1.165) is 41.2 Å². The molecule has 200 valence electrons. The van der Waals surface area contributed by atoms with Gasteiger partial charge < -0.3 is 10.6 Å². The van der Waals surface area contributed by atoms with Crippen molar-refractivity contribution in [2.45, 2.75) is 78.2 Å². The van der Waals surface area contributed by atoms with Gasteiger partial charge in [-0.15, -0.1) is 0 Å². The van der Waals surface area contributed by atoms with Gasteiger partial charge in [-0.1, -0.05) is 70.6 Å². The Morgan fingerprint density at radius 3 is 2.08 bits per heavy atom. The molecule has 1 unspecified atom stereocenters. The van der Waals surface area contributed by atoms with Crippen LogP contribution in [-0.4, -0.2) is 19.1 Å². The Kier molecular flexibility index (Phi) is 12.0. The molecule has 0 amide bonds. The van der Waals surface area contributed by atoms with Crippen LogP contribution in [-0.2, 0) is 0 Å². The van der Waals surface area contributed by atoms with Crippen molar-refractivity contribution in [3.05, 3.63) is 88.7 Å². The van der Waals surface area contributed by atoms with E-state index in [4.69, 9.17) is 11.0 Å². The smallest absolute Gasteiger partial charge is 0.0991 e. The lowest BCUT2D eigenvalue weighted by Gasteiger charge is -2.25. The molecular formula is C33H43N5. The van der Waals surface area contributed by atoms with E-state index in [9.17, 15) is 0 Å². The summed E-state index contributed by atoms with van der Waals surface area (Å²) in [4.78, 5) is 2.53. The van der Waals surface area contributed by atoms with Crippen molar-refractivity contribution in [1.82, 2.24) is 0 Å². The predicted molar refractivity (Wildman–Crippen MR) is 160 cm³/mol. The molecule has 1 aliphatic carbocycles. The highest BCUT2D eigenvalue weighted by atomic mass is 15.1. The van der Waals surface area contributed by atoms with Gasteiger partial charge in [-0.3, -0.25) is 0 Å². The summed E-state index contributed by atoms with van der Waals surface area (Å²) in [6, 6.07) is 17.9. The van der Waals surface area contributed by atoms with Gasteiger partial charge in [0.1, 0.15) is 0 Å². The molecule has 2 N–H and O–H groups in total. The third kappa shape index (κ3) is 8.82. The molecule has 0 saturated heterocycles. The molecule has 3 rings (SSSR count). The van der Waals surface area contributed by atoms with E-state index in [0.29, 0.717) is 5.56 Å². The lowest BCUT2D eigenvalue weighted by Crippen LogP contribution is -2.25. The van der Waals surface area contributed by atoms with E-state index >= 15 is 0 Å². The molecule has 5 nitrogen and oxygen atoms in total. The van der Waals surface area contributed by atoms with Gasteiger partial charge in [0.15, 0.2) is 0 Å². The summed E-state index contributed by atoms with van der Waals surface area (Å²) in [6.45, 7) is 8.77. The van der Waals surface area contributed by atoms with Gasteiger partial charge in [-0.25, -0.2) is 0 Å². The van der Waals surface area contributed by atoms with Crippen LogP contribution in [0.1, 0.15) is 83.3 Å². The van der Waals surface area contributed by atoms with Gasteiger partial charge in [0.05, 0.1) is 23.0 Å². The minimum Gasteiger partial charge on any atom is -0.372 e. The zero-order chi connectivity index (χ0) is 27.2. The highest BCUT2D eigenvalue weighted by molar-refractivity contribution is 5.64. The Hall–Kier alpha value is -3.49. The van der Waals surface area contributed by atoms with Crippen molar-refractivity contribution < 1.29 is 0 Å². The van der Waals surface area contributed by atoms with Crippen LogP contribution in [0.25, 0.3) is 6.08 Å². The van der Waals surface area contributed by atoms with Gasteiger partial charge in [-0.2, -0.15) is 15.5 Å². The maximum atomic E-state index is 9.04. The highest BCUT2D eigenvalue weighted by Gasteiger charge is 2.16. The van der Waals surface area contributed by atoms with Crippen LogP contribution in [0.4, 0.5) is 11.4 Å². The lowest BCUT2D eigenvalue weighted by atomic mass is 9.91. The van der Waals surface area contributed by atoms with Crippen LogP contribution in [0.15, 0.2) is 87.8 Å². The molecule has 0 aliphatic heterocycles. The number of hydrogen-bond acceptors (Lipinski definition) is 5. The second-order valence-electron chi connectivity index (χ2n) is 10.1. The molecule has 2 aromatic carbocycles. The lowest BCUT2D eigenvalue weighted by molar-refractivity contribution is 0.609. The van der Waals surface area contributed by atoms with Crippen molar-refractivity contribution in [2.24, 2.45) is 16.0 Å². The highest BCUT2D eigenvalue weighted by Crippen LogP contribution is 2.28. The Morgan fingerprint density at radius 1 is 0.868 bits per heavy atom. The summed E-state index contributed by atoms with van der Waals surface area (Å²) in [5.74, 6) is 0. The topological polar surface area (TPSA) is 77.8 Å². The summed E-state index contributed by atoms with van der Waals surface area (Å²) in [5, 5.41) is 18.1. The molecule has 0 spiro atoms. The van der Waals surface area contributed by atoms with Crippen LogP contribution in [0.3, 0.4) is 0 Å². The number of azo groups is 1. The van der Waals surface area contributed by atoms with Crippen LogP contribution in [0.5, 0.6) is 0 Å². The summed E-state index contributed by atoms with van der Waals surface area (Å²) in [7, 11) is 0. The molecule has 1 aliphatic rings. The minimum absolute atomic E-state index is 0.204. The molecule has 38 heavy (non-hydrogen) atoms. The first-order valence-corrected chi connectivity index (χ1v) is 14.2. The zero-order valence-corrected chi connectivity index (χ0v) is 23.4. The average Bonchev–Trinajstić information content (AvgIpc) is 2.94. The molecule has 0 fully saturated rings. The number of nitriles is 1. The van der Waals surface area contributed by atoms with Crippen molar-refractivity contribution in [3.8, 4) is 6.07 Å². The van der Waals surface area contributed by atoms with Crippen LogP contribution < -0.4 is 10.6 Å². The first kappa shape index (κ1) is 29.1. The van der Waals surface area contributed by atoms with E-state index in [1.54, 1.807) is 0 Å². The average molecular weight is 510 g/mol. The number of benzene rings is 2. The van der Waals surface area contributed by atoms with Crippen LogP contribution in [0, 0.1) is 11.3 Å². The second-order valence-corrected chi connectivity index (χ2v) is 10.1. The third-order valence-corrected chi connectivity index (χ3v) is 7.05. The molecule has 5 heteroatoms. The Balaban J connectivity index is 1.71. The van der Waals surface area contributed by atoms with E-state index in [1.165, 1.54) is 57.1 Å². The normalized spacial score (nSPS) is 16.4. The SMILES string of the molecule is CCCCCCN(CCCCCC)c1ccc(N=NC2=C(C)C(=Cc3ccc(C#N)cc3)C(N)C=C2)cc1. The summed E-state index contributed by atoms with van der Waals surface area (Å²) < 4.78 is 0. The molecule has 1 atom stereocenters. The van der Waals surface area contributed by atoms with Gasteiger partial charge in [0.25, 0.3) is 0 Å². The molecule has 0 radical (unpaired) electrons. The van der Waals surface area contributed by atoms with Gasteiger partial charge in [0.2, 0.25) is 0 Å². The molecule has 0 saturated carbocycles. The van der Waals surface area contributed by atoms with E-state index in [-0.39, 0.29) is 6.04 Å². The number of nitrogens with two attached hydrogens (primary N) is 1. The second kappa shape index (κ2) is 15.7. The molecule has 0 aromatic heterocycles. The largest absolute Gasteiger partial charge is 0.372 e. The zero-order valence-electron chi connectivity index (χ0n) is 23.4. The van der Waals surface area contributed by atoms with Crippen molar-refractivity contribution in [2.75, 3.05) is 18.0 Å². The van der Waals surface area contributed by atoms with Crippen molar-refractivity contribution in [1.29, 1.82) is 5.26 Å². The Labute approximate surface area is 229 Å². The number of anilines is 1. The quantitative estimate of drug-likeness (QED) is 0.204. The molecule has 0 bridgehead atoms. The van der Waals surface area contributed by atoms with E-state index in [1.807, 2.05) is 43.3 Å². The fourth-order valence-corrected chi connectivity index (χ4v) is 4.64.